The highest BCUT2D eigenvalue weighted by Gasteiger charge is 2.18. The molecule has 2 nitrogen and oxygen atoms in total. The van der Waals surface area contributed by atoms with E-state index >= 15 is 0 Å². The van der Waals surface area contributed by atoms with Crippen LogP contribution in [0, 0.1) is 17.6 Å². The number of hydrogen-bond acceptors (Lipinski definition) is 1. The van der Waals surface area contributed by atoms with E-state index in [4.69, 9.17) is 6.42 Å². The van der Waals surface area contributed by atoms with E-state index in [1.54, 1.807) is 0 Å². The van der Waals surface area contributed by atoms with Crippen molar-refractivity contribution in [2.75, 3.05) is 0 Å². The average molecular weight is 201 g/mol. The van der Waals surface area contributed by atoms with Gasteiger partial charge in [0.15, 0.2) is 11.8 Å². The Morgan fingerprint density at radius 3 is 2.47 bits per heavy atom. The van der Waals surface area contributed by atoms with Crippen molar-refractivity contribution in [2.24, 2.45) is 0 Å². The first-order chi connectivity index (χ1) is 6.95. The van der Waals surface area contributed by atoms with Gasteiger partial charge in [-0.1, -0.05) is 18.1 Å². The van der Waals surface area contributed by atoms with Crippen molar-refractivity contribution in [1.29, 1.82) is 0 Å². The zero-order chi connectivity index (χ0) is 11.5. The van der Waals surface area contributed by atoms with E-state index in [-0.39, 0.29) is 0 Å². The number of hydrogen-bond donors (Lipinski definition) is 0. The molecule has 0 heterocycles. The van der Waals surface area contributed by atoms with Crippen molar-refractivity contribution >= 4 is 6.21 Å². The first-order valence-corrected chi connectivity index (χ1v) is 4.82. The molecule has 0 aliphatic heterocycles. The molecule has 78 valence electrons. The molecule has 0 saturated heterocycles. The van der Waals surface area contributed by atoms with Crippen LogP contribution in [0.15, 0.2) is 24.3 Å². The molecular formula is C13H15NO. The highest BCUT2D eigenvalue weighted by molar-refractivity contribution is 5.80. The third kappa shape index (κ3) is 2.85. The Kier molecular flexibility index (Phi) is 3.16. The van der Waals surface area contributed by atoms with Crippen LogP contribution >= 0.6 is 0 Å². The van der Waals surface area contributed by atoms with Gasteiger partial charge in [-0.05, 0) is 12.1 Å². The van der Waals surface area contributed by atoms with E-state index in [1.165, 1.54) is 6.21 Å². The summed E-state index contributed by atoms with van der Waals surface area (Å²) in [5.41, 5.74) is 1.08. The number of benzene rings is 1. The highest BCUT2D eigenvalue weighted by Crippen LogP contribution is 2.08. The van der Waals surface area contributed by atoms with Crippen LogP contribution in [0.1, 0.15) is 31.9 Å². The van der Waals surface area contributed by atoms with Gasteiger partial charge in [0, 0.05) is 26.3 Å². The van der Waals surface area contributed by atoms with E-state index in [9.17, 15) is 5.21 Å². The van der Waals surface area contributed by atoms with Gasteiger partial charge in [0.2, 0.25) is 0 Å². The molecule has 1 aromatic rings. The van der Waals surface area contributed by atoms with Crippen LogP contribution < -0.4 is 0 Å². The minimum atomic E-state index is -0.443. The molecule has 0 atom stereocenters. The molecule has 0 aliphatic carbocycles. The molecule has 0 saturated carbocycles. The predicted octanol–water partition coefficient (Wildman–Crippen LogP) is 2.40. The van der Waals surface area contributed by atoms with Crippen LogP contribution in [0.25, 0.3) is 0 Å². The van der Waals surface area contributed by atoms with Crippen LogP contribution in [0.4, 0.5) is 0 Å². The minimum absolute atomic E-state index is 0.443. The van der Waals surface area contributed by atoms with Crippen molar-refractivity contribution in [3.05, 3.63) is 40.6 Å². The summed E-state index contributed by atoms with van der Waals surface area (Å²) in [4.78, 5) is 0. The van der Waals surface area contributed by atoms with Gasteiger partial charge < -0.3 is 5.21 Å². The minimum Gasteiger partial charge on any atom is -0.623 e. The number of hydroxylamine groups is 1. The summed E-state index contributed by atoms with van der Waals surface area (Å²) in [6.07, 6.45) is 6.88. The van der Waals surface area contributed by atoms with Gasteiger partial charge in [-0.15, -0.1) is 6.42 Å². The van der Waals surface area contributed by atoms with Crippen LogP contribution in [0.5, 0.6) is 0 Å². The van der Waals surface area contributed by atoms with Gasteiger partial charge in [0.05, 0.1) is 5.56 Å². The predicted molar refractivity (Wildman–Crippen MR) is 62.9 cm³/mol. The molecule has 15 heavy (non-hydrogen) atoms. The number of terminal acetylenes is 1. The fourth-order valence-electron chi connectivity index (χ4n) is 1.06. The lowest BCUT2D eigenvalue weighted by Crippen LogP contribution is -2.29. The lowest BCUT2D eigenvalue weighted by molar-refractivity contribution is -0.530. The van der Waals surface area contributed by atoms with Gasteiger partial charge in [0.1, 0.15) is 0 Å². The number of rotatable bonds is 1. The largest absolute Gasteiger partial charge is 0.623 e. The monoisotopic (exact) mass is 201 g/mol. The lowest BCUT2D eigenvalue weighted by atomic mass is 10.1. The molecule has 1 rings (SSSR count). The smallest absolute Gasteiger partial charge is 0.183 e. The maximum Gasteiger partial charge on any atom is 0.183 e. The van der Waals surface area contributed by atoms with Gasteiger partial charge in [-0.3, -0.25) is 0 Å². The topological polar surface area (TPSA) is 26.1 Å². The Labute approximate surface area is 90.8 Å². The summed E-state index contributed by atoms with van der Waals surface area (Å²) in [7, 11) is 0. The van der Waals surface area contributed by atoms with Crippen LogP contribution in [0.3, 0.4) is 0 Å². The summed E-state index contributed by atoms with van der Waals surface area (Å²) in [5.74, 6) is 2.56. The summed E-state index contributed by atoms with van der Waals surface area (Å²) in [6, 6.07) is 7.39. The third-order valence-corrected chi connectivity index (χ3v) is 2.03. The molecule has 0 radical (unpaired) electrons. The zero-order valence-corrected chi connectivity index (χ0v) is 9.32. The molecular weight excluding hydrogens is 186 g/mol. The van der Waals surface area contributed by atoms with Crippen molar-refractivity contribution in [3.8, 4) is 12.3 Å². The Bertz CT molecular complexity index is 419. The van der Waals surface area contributed by atoms with Crippen LogP contribution in [-0.4, -0.2) is 16.5 Å². The molecule has 1 aromatic carbocycles. The normalized spacial score (nSPS) is 12.3. The third-order valence-electron chi connectivity index (χ3n) is 2.03. The van der Waals surface area contributed by atoms with Crippen molar-refractivity contribution in [1.82, 2.24) is 0 Å². The number of nitrogens with zero attached hydrogens (tertiary/aromatic N) is 1. The molecule has 0 fully saturated rings. The fourth-order valence-corrected chi connectivity index (χ4v) is 1.06. The summed E-state index contributed by atoms with van der Waals surface area (Å²) < 4.78 is 0.920. The van der Waals surface area contributed by atoms with Crippen molar-refractivity contribution < 1.29 is 4.74 Å². The zero-order valence-electron chi connectivity index (χ0n) is 9.32. The first kappa shape index (κ1) is 11.3. The summed E-state index contributed by atoms with van der Waals surface area (Å²) in [5, 5.41) is 11.7. The molecule has 2 heteroatoms. The molecule has 0 unspecified atom stereocenters. The van der Waals surface area contributed by atoms with E-state index in [1.807, 2.05) is 45.0 Å². The molecule has 0 aliphatic rings. The Morgan fingerprint density at radius 2 is 1.93 bits per heavy atom. The molecule has 0 amide bonds. The van der Waals surface area contributed by atoms with Crippen LogP contribution in [0.2, 0.25) is 0 Å². The average Bonchev–Trinajstić information content (AvgIpc) is 2.17. The lowest BCUT2D eigenvalue weighted by Gasteiger charge is -2.18. The summed E-state index contributed by atoms with van der Waals surface area (Å²) >= 11 is 0. The molecule has 0 bridgehead atoms. The van der Waals surface area contributed by atoms with Gasteiger partial charge in [-0.25, -0.2) is 4.74 Å². The Balaban J connectivity index is 3.15. The molecule has 0 spiro atoms. The van der Waals surface area contributed by atoms with Gasteiger partial charge >= 0.3 is 0 Å². The summed E-state index contributed by atoms with van der Waals surface area (Å²) in [6.45, 7) is 5.57. The van der Waals surface area contributed by atoms with Gasteiger partial charge in [-0.2, -0.15) is 0 Å². The van der Waals surface area contributed by atoms with E-state index in [0.29, 0.717) is 0 Å². The van der Waals surface area contributed by atoms with Crippen molar-refractivity contribution in [2.45, 2.75) is 26.3 Å². The molecule has 0 aromatic heterocycles. The van der Waals surface area contributed by atoms with Crippen LogP contribution in [-0.2, 0) is 0 Å². The van der Waals surface area contributed by atoms with E-state index < -0.39 is 5.54 Å². The second-order valence-electron chi connectivity index (χ2n) is 4.36. The second-order valence-corrected chi connectivity index (χ2v) is 4.36. The van der Waals surface area contributed by atoms with Crippen molar-refractivity contribution in [3.63, 3.8) is 0 Å². The molecule has 0 N–H and O–H groups in total. The standard InChI is InChI=1S/C13H15NO/c1-5-11-8-6-7-9-12(11)10-14(15)13(2,3)4/h1,6-10H,2-4H3/b14-10-. The Morgan fingerprint density at radius 1 is 1.33 bits per heavy atom. The maximum absolute atomic E-state index is 11.7. The fraction of sp³-hybridized carbons (Fsp3) is 0.308. The first-order valence-electron chi connectivity index (χ1n) is 4.82. The highest BCUT2D eigenvalue weighted by atomic mass is 16.5. The quantitative estimate of drug-likeness (QED) is 0.225. The Hall–Kier alpha value is -1.75. The SMILES string of the molecule is C#Cc1ccccc1/C=[N+](\[O-])C(C)(C)C. The maximum atomic E-state index is 11.7. The van der Waals surface area contributed by atoms with E-state index in [0.717, 1.165) is 15.9 Å². The second kappa shape index (κ2) is 4.18. The van der Waals surface area contributed by atoms with E-state index in [2.05, 4.69) is 5.92 Å². The van der Waals surface area contributed by atoms with Gasteiger partial charge in [0.25, 0.3) is 0 Å².